The van der Waals surface area contributed by atoms with E-state index in [1.165, 1.54) is 13.8 Å². The van der Waals surface area contributed by atoms with Crippen LogP contribution in [0.5, 0.6) is 0 Å². The molecule has 0 heterocycles. The average Bonchev–Trinajstić information content (AvgIpc) is 3.25. The molecule has 2 N–H and O–H groups in total. The van der Waals surface area contributed by atoms with Gasteiger partial charge in [0.05, 0.1) is 0 Å². The van der Waals surface area contributed by atoms with Crippen molar-refractivity contribution < 1.29 is 19.2 Å². The van der Waals surface area contributed by atoms with E-state index in [0.29, 0.717) is 6.42 Å². The van der Waals surface area contributed by atoms with Gasteiger partial charge in [0.1, 0.15) is 0 Å². The van der Waals surface area contributed by atoms with Gasteiger partial charge in [-0.1, -0.05) is 19.8 Å². The second kappa shape index (κ2) is 10.4. The van der Waals surface area contributed by atoms with Crippen LogP contribution in [0.3, 0.4) is 0 Å². The summed E-state index contributed by atoms with van der Waals surface area (Å²) >= 11 is 0. The number of carbonyl (C=O) groups is 4. The summed E-state index contributed by atoms with van der Waals surface area (Å²) in [5.41, 5.74) is 5.31. The van der Waals surface area contributed by atoms with Crippen molar-refractivity contribution in [3.63, 3.8) is 0 Å². The van der Waals surface area contributed by atoms with E-state index in [2.05, 4.69) is 17.6 Å². The van der Waals surface area contributed by atoms with Gasteiger partial charge in [0.25, 0.3) is 0 Å². The second-order valence-corrected chi connectivity index (χ2v) is 8.44. The van der Waals surface area contributed by atoms with Crippen LogP contribution in [0.1, 0.15) is 78.3 Å². The molecule has 0 saturated heterocycles. The van der Waals surface area contributed by atoms with Gasteiger partial charge in [0.15, 0.2) is 11.6 Å². The monoisotopic (exact) mass is 434 g/mol. The summed E-state index contributed by atoms with van der Waals surface area (Å²) in [7, 11) is 0. The third kappa shape index (κ3) is 5.69. The molecule has 0 fully saturated rings. The van der Waals surface area contributed by atoms with Gasteiger partial charge in [-0.05, 0) is 66.8 Å². The number of carbonyl (C=O) groups excluding carboxylic acids is 4. The van der Waals surface area contributed by atoms with Crippen molar-refractivity contribution in [2.75, 3.05) is 10.6 Å². The molecule has 1 unspecified atom stereocenters. The van der Waals surface area contributed by atoms with Crippen LogP contribution in [-0.2, 0) is 22.4 Å². The lowest BCUT2D eigenvalue weighted by Crippen LogP contribution is -2.08. The highest BCUT2D eigenvalue weighted by Crippen LogP contribution is 2.32. The zero-order chi connectivity index (χ0) is 23.3. The Morgan fingerprint density at radius 2 is 1.47 bits per heavy atom. The maximum Gasteiger partial charge on any atom is 0.221 e. The number of aryl methyl sites for hydroxylation is 1. The minimum Gasteiger partial charge on any atom is -0.326 e. The highest BCUT2D eigenvalue weighted by molar-refractivity contribution is 6.03. The lowest BCUT2D eigenvalue weighted by atomic mass is 9.98. The molecule has 0 saturated carbocycles. The number of unbranched alkanes of at least 4 members (excludes halogenated alkanes) is 1. The molecule has 0 spiro atoms. The molecule has 2 aliphatic carbocycles. The van der Waals surface area contributed by atoms with Gasteiger partial charge in [-0.15, -0.1) is 0 Å². The van der Waals surface area contributed by atoms with Gasteiger partial charge in [-0.25, -0.2) is 0 Å². The summed E-state index contributed by atoms with van der Waals surface area (Å²) in [6.07, 6.45) is 5.40. The first-order valence-electron chi connectivity index (χ1n) is 11.2. The first-order valence-corrected chi connectivity index (χ1v) is 11.2. The Hall–Kier alpha value is -3.28. The third-order valence-electron chi connectivity index (χ3n) is 5.78. The Morgan fingerprint density at radius 3 is 2.06 bits per heavy atom. The topological polar surface area (TPSA) is 92.3 Å². The number of nitrogens with one attached hydrogen (secondary N) is 2. The molecule has 0 bridgehead atoms. The van der Waals surface area contributed by atoms with Crippen LogP contribution in [0, 0.1) is 5.92 Å². The molecular formula is C26H30N2O4. The summed E-state index contributed by atoms with van der Waals surface area (Å²) in [6, 6.07) is 11.0. The van der Waals surface area contributed by atoms with E-state index in [1.54, 1.807) is 18.2 Å². The lowest BCUT2D eigenvalue weighted by Gasteiger charge is -2.05. The predicted molar refractivity (Wildman–Crippen MR) is 125 cm³/mol. The maximum absolute atomic E-state index is 12.1. The van der Waals surface area contributed by atoms with Gasteiger partial charge in [0, 0.05) is 48.7 Å². The van der Waals surface area contributed by atoms with Crippen LogP contribution in [0.15, 0.2) is 36.4 Å². The Balaban J connectivity index is 0.000000186. The molecule has 2 aliphatic rings. The Morgan fingerprint density at radius 1 is 0.875 bits per heavy atom. The van der Waals surface area contributed by atoms with E-state index in [0.717, 1.165) is 65.7 Å². The van der Waals surface area contributed by atoms with E-state index in [-0.39, 0.29) is 29.3 Å². The molecule has 168 valence electrons. The largest absolute Gasteiger partial charge is 0.326 e. The third-order valence-corrected chi connectivity index (χ3v) is 5.78. The first-order chi connectivity index (χ1) is 15.3. The number of amides is 2. The van der Waals surface area contributed by atoms with E-state index in [4.69, 9.17) is 0 Å². The number of hydrogen-bond acceptors (Lipinski definition) is 4. The molecule has 4 rings (SSSR count). The van der Waals surface area contributed by atoms with Crippen LogP contribution < -0.4 is 10.6 Å². The number of fused-ring (bicyclic) bond motifs is 2. The van der Waals surface area contributed by atoms with E-state index < -0.39 is 0 Å². The fourth-order valence-corrected chi connectivity index (χ4v) is 4.28. The van der Waals surface area contributed by atoms with Crippen molar-refractivity contribution in [3.8, 4) is 0 Å². The van der Waals surface area contributed by atoms with Gasteiger partial charge >= 0.3 is 0 Å². The summed E-state index contributed by atoms with van der Waals surface area (Å²) in [5, 5.41) is 5.46. The van der Waals surface area contributed by atoms with Crippen LogP contribution in [-0.4, -0.2) is 23.4 Å². The van der Waals surface area contributed by atoms with E-state index in [9.17, 15) is 19.2 Å². The molecule has 0 aromatic heterocycles. The summed E-state index contributed by atoms with van der Waals surface area (Å²) in [6.45, 7) is 5.10. The van der Waals surface area contributed by atoms with Crippen molar-refractivity contribution in [1.29, 1.82) is 0 Å². The van der Waals surface area contributed by atoms with Crippen LogP contribution in [0.2, 0.25) is 0 Å². The maximum atomic E-state index is 12.1. The number of ketones is 2. The smallest absolute Gasteiger partial charge is 0.221 e. The highest BCUT2D eigenvalue weighted by Gasteiger charge is 2.29. The minimum atomic E-state index is -0.0886. The lowest BCUT2D eigenvalue weighted by molar-refractivity contribution is -0.115. The van der Waals surface area contributed by atoms with Crippen molar-refractivity contribution in [2.24, 2.45) is 5.92 Å². The van der Waals surface area contributed by atoms with Crippen LogP contribution in [0.4, 0.5) is 11.4 Å². The van der Waals surface area contributed by atoms with E-state index in [1.807, 2.05) is 18.2 Å². The highest BCUT2D eigenvalue weighted by atomic mass is 16.2. The zero-order valence-electron chi connectivity index (χ0n) is 18.9. The Kier molecular flexibility index (Phi) is 7.57. The van der Waals surface area contributed by atoms with Crippen molar-refractivity contribution in [1.82, 2.24) is 0 Å². The Bertz CT molecular complexity index is 1060. The number of anilines is 2. The molecule has 32 heavy (non-hydrogen) atoms. The zero-order valence-corrected chi connectivity index (χ0v) is 18.9. The standard InChI is InChI=1S/C15H19NO2.C11H11NO2/c1-3-4-5-11-8-12-9-13(16-10(2)17)6-7-14(12)15(11)18;1-7(13)12-9-3-4-10-8(6-9)2-5-11(10)14/h6-7,9,11H,3-5,8H2,1-2H3,(H,16,17);3-4,6H,2,5H2,1H3,(H,12,13). The minimum absolute atomic E-state index is 0.0817. The van der Waals surface area contributed by atoms with Crippen molar-refractivity contribution in [3.05, 3.63) is 58.7 Å². The Labute approximate surface area is 188 Å². The molecule has 6 nitrogen and oxygen atoms in total. The molecule has 2 amide bonds. The molecular weight excluding hydrogens is 404 g/mol. The normalized spacial score (nSPS) is 16.0. The molecule has 1 atom stereocenters. The molecule has 6 heteroatoms. The van der Waals surface area contributed by atoms with Gasteiger partial charge in [-0.3, -0.25) is 19.2 Å². The second-order valence-electron chi connectivity index (χ2n) is 8.44. The van der Waals surface area contributed by atoms with Crippen LogP contribution >= 0.6 is 0 Å². The number of hydrogen-bond donors (Lipinski definition) is 2. The van der Waals surface area contributed by atoms with Crippen molar-refractivity contribution in [2.45, 2.75) is 59.3 Å². The van der Waals surface area contributed by atoms with Gasteiger partial charge in [-0.2, -0.15) is 0 Å². The molecule has 0 aliphatic heterocycles. The SMILES string of the molecule is CC(=O)Nc1ccc2c(c1)CCC2=O.CCCCC1Cc2cc(NC(C)=O)ccc2C1=O. The average molecular weight is 435 g/mol. The predicted octanol–water partition coefficient (Wildman–Crippen LogP) is 4.96. The fourth-order valence-electron chi connectivity index (χ4n) is 4.28. The summed E-state index contributed by atoms with van der Waals surface area (Å²) < 4.78 is 0. The molecule has 2 aromatic carbocycles. The van der Waals surface area contributed by atoms with Gasteiger partial charge < -0.3 is 10.6 Å². The summed E-state index contributed by atoms with van der Waals surface area (Å²) in [5.74, 6) is 0.450. The van der Waals surface area contributed by atoms with Crippen molar-refractivity contribution >= 4 is 34.8 Å². The van der Waals surface area contributed by atoms with Gasteiger partial charge in [0.2, 0.25) is 11.8 Å². The number of rotatable bonds is 5. The number of Topliss-reactive ketones (excluding diaryl/α,β-unsaturated/α-hetero) is 2. The van der Waals surface area contributed by atoms with E-state index >= 15 is 0 Å². The first kappa shape index (κ1) is 23.4. The number of benzene rings is 2. The fraction of sp³-hybridized carbons (Fsp3) is 0.385. The molecule has 0 radical (unpaired) electrons. The quantitative estimate of drug-likeness (QED) is 0.695. The van der Waals surface area contributed by atoms with Crippen LogP contribution in [0.25, 0.3) is 0 Å². The summed E-state index contributed by atoms with van der Waals surface area (Å²) in [4.78, 5) is 45.3. The molecule has 2 aromatic rings.